The second-order valence-corrected chi connectivity index (χ2v) is 6.31. The number of ether oxygens (including phenoxy) is 2. The number of aliphatic imine (C=N–C) groups is 1. The molecule has 1 saturated heterocycles. The SMILES string of the molecule is CCNC(=NCc1ccccc1OC(F)F)NCC1(CCO)CCOC1. The van der Waals surface area contributed by atoms with Gasteiger partial charge in [0.15, 0.2) is 5.96 Å². The zero-order chi connectivity index (χ0) is 18.8. The van der Waals surface area contributed by atoms with Gasteiger partial charge in [-0.25, -0.2) is 4.99 Å². The Balaban J connectivity index is 2.02. The van der Waals surface area contributed by atoms with Crippen LogP contribution in [0, 0.1) is 5.41 Å². The summed E-state index contributed by atoms with van der Waals surface area (Å²) in [6.45, 7) is 1.98. The van der Waals surface area contributed by atoms with E-state index in [2.05, 4.69) is 20.4 Å². The predicted octanol–water partition coefficient (Wildman–Crippen LogP) is 2.13. The van der Waals surface area contributed by atoms with Crippen LogP contribution in [0.3, 0.4) is 0 Å². The summed E-state index contributed by atoms with van der Waals surface area (Å²) >= 11 is 0. The van der Waals surface area contributed by atoms with Gasteiger partial charge in [-0.3, -0.25) is 0 Å². The maximum absolute atomic E-state index is 12.5. The molecule has 3 N–H and O–H groups in total. The van der Waals surface area contributed by atoms with Crippen molar-refractivity contribution >= 4 is 5.96 Å². The largest absolute Gasteiger partial charge is 0.434 e. The molecule has 0 amide bonds. The van der Waals surface area contributed by atoms with E-state index in [1.807, 2.05) is 6.92 Å². The minimum absolute atomic E-state index is 0.108. The summed E-state index contributed by atoms with van der Waals surface area (Å²) in [5.74, 6) is 0.714. The predicted molar refractivity (Wildman–Crippen MR) is 95.5 cm³/mol. The molecule has 1 aliphatic rings. The van der Waals surface area contributed by atoms with Crippen molar-refractivity contribution in [2.24, 2.45) is 10.4 Å². The maximum atomic E-state index is 12.5. The van der Waals surface area contributed by atoms with Crippen molar-refractivity contribution in [3.8, 4) is 5.75 Å². The first-order valence-electron chi connectivity index (χ1n) is 8.82. The second-order valence-electron chi connectivity index (χ2n) is 6.31. The highest BCUT2D eigenvalue weighted by molar-refractivity contribution is 5.79. The summed E-state index contributed by atoms with van der Waals surface area (Å²) in [5, 5.41) is 15.7. The van der Waals surface area contributed by atoms with Crippen LogP contribution in [0.2, 0.25) is 0 Å². The molecule has 2 rings (SSSR count). The van der Waals surface area contributed by atoms with Gasteiger partial charge in [-0.05, 0) is 25.8 Å². The summed E-state index contributed by atoms with van der Waals surface area (Å²) in [6, 6.07) is 6.62. The average Bonchev–Trinajstić information content (AvgIpc) is 3.07. The monoisotopic (exact) mass is 371 g/mol. The van der Waals surface area contributed by atoms with Gasteiger partial charge in [-0.2, -0.15) is 8.78 Å². The highest BCUT2D eigenvalue weighted by atomic mass is 19.3. The van der Waals surface area contributed by atoms with Crippen LogP contribution in [0.5, 0.6) is 5.75 Å². The molecule has 1 aromatic carbocycles. The number of rotatable bonds is 9. The Morgan fingerprint density at radius 3 is 2.85 bits per heavy atom. The number of halogens is 2. The van der Waals surface area contributed by atoms with E-state index in [0.717, 1.165) is 6.42 Å². The molecule has 0 aromatic heterocycles. The lowest BCUT2D eigenvalue weighted by Gasteiger charge is -2.27. The van der Waals surface area contributed by atoms with E-state index in [1.54, 1.807) is 18.2 Å². The van der Waals surface area contributed by atoms with Gasteiger partial charge in [0.2, 0.25) is 0 Å². The van der Waals surface area contributed by atoms with Crippen LogP contribution in [0.15, 0.2) is 29.3 Å². The molecule has 0 bridgehead atoms. The number of aliphatic hydroxyl groups excluding tert-OH is 1. The lowest BCUT2D eigenvalue weighted by atomic mass is 9.84. The Bertz CT molecular complexity index is 579. The van der Waals surface area contributed by atoms with Gasteiger partial charge < -0.3 is 25.2 Å². The number of alkyl halides is 2. The minimum atomic E-state index is -2.87. The van der Waals surface area contributed by atoms with E-state index in [4.69, 9.17) is 4.74 Å². The smallest absolute Gasteiger partial charge is 0.387 e. The fraction of sp³-hybridized carbons (Fsp3) is 0.611. The summed E-state index contributed by atoms with van der Waals surface area (Å²) < 4.78 is 35.1. The van der Waals surface area contributed by atoms with Gasteiger partial charge in [0.1, 0.15) is 5.75 Å². The van der Waals surface area contributed by atoms with Gasteiger partial charge >= 0.3 is 6.61 Å². The van der Waals surface area contributed by atoms with E-state index in [9.17, 15) is 13.9 Å². The second kappa shape index (κ2) is 10.3. The molecule has 1 fully saturated rings. The average molecular weight is 371 g/mol. The molecule has 1 atom stereocenters. The molecule has 1 aliphatic heterocycles. The van der Waals surface area contributed by atoms with Crippen LogP contribution in [0.1, 0.15) is 25.3 Å². The first-order valence-corrected chi connectivity index (χ1v) is 8.82. The highest BCUT2D eigenvalue weighted by Gasteiger charge is 2.34. The minimum Gasteiger partial charge on any atom is -0.434 e. The number of aliphatic hydroxyl groups is 1. The maximum Gasteiger partial charge on any atom is 0.387 e. The zero-order valence-electron chi connectivity index (χ0n) is 15.0. The van der Waals surface area contributed by atoms with Crippen LogP contribution >= 0.6 is 0 Å². The van der Waals surface area contributed by atoms with Crippen molar-refractivity contribution in [2.45, 2.75) is 32.9 Å². The first kappa shape index (κ1) is 20.4. The van der Waals surface area contributed by atoms with Gasteiger partial charge in [0, 0.05) is 37.3 Å². The number of para-hydroxylation sites is 1. The fourth-order valence-corrected chi connectivity index (χ4v) is 2.93. The van der Waals surface area contributed by atoms with Gasteiger partial charge in [-0.15, -0.1) is 0 Å². The molecule has 6 nitrogen and oxygen atoms in total. The zero-order valence-corrected chi connectivity index (χ0v) is 15.0. The Morgan fingerprint density at radius 2 is 2.19 bits per heavy atom. The van der Waals surface area contributed by atoms with Crippen LogP contribution in [0.4, 0.5) is 8.78 Å². The molecular formula is C18H27F2N3O3. The summed E-state index contributed by atoms with van der Waals surface area (Å²) in [5.41, 5.74) is 0.473. The number of hydrogen-bond acceptors (Lipinski definition) is 4. The number of hydrogen-bond donors (Lipinski definition) is 3. The third-order valence-corrected chi connectivity index (χ3v) is 4.40. The first-order chi connectivity index (χ1) is 12.6. The number of benzene rings is 1. The molecule has 1 aromatic rings. The van der Waals surface area contributed by atoms with Gasteiger partial charge in [0.25, 0.3) is 0 Å². The molecular weight excluding hydrogens is 344 g/mol. The molecule has 1 unspecified atom stereocenters. The topological polar surface area (TPSA) is 75.1 Å². The Hall–Kier alpha value is -1.93. The van der Waals surface area contributed by atoms with E-state index >= 15 is 0 Å². The molecule has 26 heavy (non-hydrogen) atoms. The standard InChI is InChI=1S/C18H27F2N3O3/c1-2-21-17(23-12-18(7-9-24)8-10-25-13-18)22-11-14-5-3-4-6-15(14)26-16(19)20/h3-6,16,24H,2,7-13H2,1H3,(H2,21,22,23). The lowest BCUT2D eigenvalue weighted by Crippen LogP contribution is -2.44. The van der Waals surface area contributed by atoms with E-state index in [0.29, 0.717) is 44.2 Å². The Morgan fingerprint density at radius 1 is 1.38 bits per heavy atom. The van der Waals surface area contributed by atoms with Crippen LogP contribution < -0.4 is 15.4 Å². The molecule has 8 heteroatoms. The quantitative estimate of drug-likeness (QED) is 0.458. The van der Waals surface area contributed by atoms with Crippen molar-refractivity contribution < 1.29 is 23.4 Å². The van der Waals surface area contributed by atoms with Crippen molar-refractivity contribution in [1.82, 2.24) is 10.6 Å². The normalized spacial score (nSPS) is 20.4. The molecule has 0 radical (unpaired) electrons. The van der Waals surface area contributed by atoms with E-state index in [1.165, 1.54) is 6.07 Å². The molecule has 0 aliphatic carbocycles. The number of guanidine groups is 1. The van der Waals surface area contributed by atoms with E-state index < -0.39 is 6.61 Å². The lowest BCUT2D eigenvalue weighted by molar-refractivity contribution is -0.0504. The van der Waals surface area contributed by atoms with Crippen LogP contribution in [0.25, 0.3) is 0 Å². The summed E-state index contributed by atoms with van der Waals surface area (Å²) in [7, 11) is 0. The van der Waals surface area contributed by atoms with Crippen LogP contribution in [-0.4, -0.2) is 50.6 Å². The summed E-state index contributed by atoms with van der Waals surface area (Å²) in [6.07, 6.45) is 1.54. The molecule has 0 saturated carbocycles. The van der Waals surface area contributed by atoms with E-state index in [-0.39, 0.29) is 24.3 Å². The molecule has 0 spiro atoms. The van der Waals surface area contributed by atoms with Crippen LogP contribution in [-0.2, 0) is 11.3 Å². The Labute approximate surface area is 152 Å². The molecule has 1 heterocycles. The fourth-order valence-electron chi connectivity index (χ4n) is 2.93. The third-order valence-electron chi connectivity index (χ3n) is 4.40. The van der Waals surface area contributed by atoms with Gasteiger partial charge in [-0.1, -0.05) is 18.2 Å². The van der Waals surface area contributed by atoms with Gasteiger partial charge in [0.05, 0.1) is 13.2 Å². The molecule has 146 valence electrons. The van der Waals surface area contributed by atoms with Crippen molar-refractivity contribution in [3.63, 3.8) is 0 Å². The van der Waals surface area contributed by atoms with Crippen molar-refractivity contribution in [1.29, 1.82) is 0 Å². The van der Waals surface area contributed by atoms with Crippen molar-refractivity contribution in [2.75, 3.05) is 32.9 Å². The third kappa shape index (κ3) is 6.10. The number of nitrogens with one attached hydrogen (secondary N) is 2. The van der Waals surface area contributed by atoms with Crippen molar-refractivity contribution in [3.05, 3.63) is 29.8 Å². The highest BCUT2D eigenvalue weighted by Crippen LogP contribution is 2.31. The Kier molecular flexibility index (Phi) is 8.06. The number of nitrogens with zero attached hydrogens (tertiary/aromatic N) is 1. The summed E-state index contributed by atoms with van der Waals surface area (Å²) in [4.78, 5) is 4.47.